The van der Waals surface area contributed by atoms with Crippen LogP contribution in [-0.2, 0) is 4.79 Å². The highest BCUT2D eigenvalue weighted by Crippen LogP contribution is 2.33. The molecule has 1 aromatic carbocycles. The zero-order chi connectivity index (χ0) is 21.4. The van der Waals surface area contributed by atoms with Gasteiger partial charge in [-0.2, -0.15) is 0 Å². The van der Waals surface area contributed by atoms with Gasteiger partial charge in [-0.1, -0.05) is 19.9 Å². The molecular weight excluding hydrogens is 383 g/mol. The molecule has 0 spiro atoms. The number of piperidine rings is 1. The topological polar surface area (TPSA) is 53.8 Å². The monoisotopic (exact) mass is 412 g/mol. The number of rotatable bonds is 3. The number of amides is 2. The van der Waals surface area contributed by atoms with Crippen molar-refractivity contribution in [3.8, 4) is 0 Å². The molecule has 160 valence electrons. The lowest BCUT2D eigenvalue weighted by Gasteiger charge is -2.29. The number of aryl methyl sites for hydroxylation is 1. The van der Waals surface area contributed by atoms with Crippen LogP contribution < -0.4 is 0 Å². The van der Waals surface area contributed by atoms with Crippen molar-refractivity contribution < 1.29 is 18.4 Å². The number of carbonyl (C=O) groups is 2. The fourth-order valence-corrected chi connectivity index (χ4v) is 4.42. The highest BCUT2D eigenvalue weighted by atomic mass is 19.1. The molecule has 3 heterocycles. The minimum Gasteiger partial charge on any atom is -0.451 e. The minimum absolute atomic E-state index is 0.0801. The van der Waals surface area contributed by atoms with E-state index in [9.17, 15) is 9.59 Å². The van der Waals surface area contributed by atoms with Gasteiger partial charge in [0.2, 0.25) is 5.91 Å². The second kappa shape index (κ2) is 8.25. The molecule has 2 aliphatic rings. The van der Waals surface area contributed by atoms with E-state index in [-0.39, 0.29) is 29.3 Å². The standard InChI is InChI=1S/C24H29FN2O3/c1-15(2)23(28)27-11-7-8-17(14-27)18-12-16(3)22-19(21(18)25)13-20(30-22)24(29)26-9-5-4-6-10-26/h8,12-13,15H,4-7,9-11,14H2,1-3H3. The molecule has 2 aromatic rings. The molecule has 0 bridgehead atoms. The van der Waals surface area contributed by atoms with E-state index in [0.29, 0.717) is 36.0 Å². The Bertz CT molecular complexity index is 1020. The van der Waals surface area contributed by atoms with E-state index in [2.05, 4.69) is 0 Å². The third kappa shape index (κ3) is 3.75. The number of fused-ring (bicyclic) bond motifs is 1. The lowest BCUT2D eigenvalue weighted by Crippen LogP contribution is -2.38. The molecule has 1 saturated heterocycles. The van der Waals surface area contributed by atoms with Crippen molar-refractivity contribution in [3.05, 3.63) is 40.9 Å². The summed E-state index contributed by atoms with van der Waals surface area (Å²) >= 11 is 0. The SMILES string of the molecule is Cc1cc(C2=CCCN(C(=O)C(C)C)C2)c(F)c2cc(C(=O)N3CCCCC3)oc12. The molecule has 0 N–H and O–H groups in total. The van der Waals surface area contributed by atoms with E-state index >= 15 is 4.39 Å². The Labute approximate surface area is 176 Å². The van der Waals surface area contributed by atoms with Gasteiger partial charge in [0.1, 0.15) is 11.4 Å². The van der Waals surface area contributed by atoms with Crippen molar-refractivity contribution in [2.75, 3.05) is 26.2 Å². The van der Waals surface area contributed by atoms with Gasteiger partial charge in [-0.05, 0) is 49.8 Å². The Morgan fingerprint density at radius 1 is 1.07 bits per heavy atom. The Balaban J connectivity index is 1.67. The number of nitrogens with zero attached hydrogens (tertiary/aromatic N) is 2. The number of likely N-dealkylation sites (tertiary alicyclic amines) is 1. The zero-order valence-corrected chi connectivity index (χ0v) is 18.0. The quantitative estimate of drug-likeness (QED) is 0.729. The fourth-order valence-electron chi connectivity index (χ4n) is 4.42. The predicted molar refractivity (Wildman–Crippen MR) is 115 cm³/mol. The summed E-state index contributed by atoms with van der Waals surface area (Å²) in [5.74, 6) is -0.369. The van der Waals surface area contributed by atoms with Crippen molar-refractivity contribution in [2.45, 2.75) is 46.5 Å². The van der Waals surface area contributed by atoms with E-state index in [1.165, 1.54) is 0 Å². The van der Waals surface area contributed by atoms with Crippen molar-refractivity contribution in [3.63, 3.8) is 0 Å². The van der Waals surface area contributed by atoms with Crippen LogP contribution in [0.4, 0.5) is 4.39 Å². The summed E-state index contributed by atoms with van der Waals surface area (Å²) in [6.45, 7) is 8.11. The fraction of sp³-hybridized carbons (Fsp3) is 0.500. The maximum absolute atomic E-state index is 15.5. The third-order valence-electron chi connectivity index (χ3n) is 6.08. The molecule has 0 unspecified atom stereocenters. The molecule has 1 aromatic heterocycles. The van der Waals surface area contributed by atoms with Gasteiger partial charge in [0.25, 0.3) is 5.91 Å². The second-order valence-electron chi connectivity index (χ2n) is 8.69. The molecule has 5 nitrogen and oxygen atoms in total. The Morgan fingerprint density at radius 2 is 1.80 bits per heavy atom. The summed E-state index contributed by atoms with van der Waals surface area (Å²) in [6, 6.07) is 3.31. The van der Waals surface area contributed by atoms with Crippen LogP contribution in [0.3, 0.4) is 0 Å². The number of hydrogen-bond donors (Lipinski definition) is 0. The van der Waals surface area contributed by atoms with Gasteiger partial charge in [0, 0.05) is 43.7 Å². The first-order chi connectivity index (χ1) is 14.4. The molecule has 1 fully saturated rings. The maximum Gasteiger partial charge on any atom is 0.289 e. The van der Waals surface area contributed by atoms with E-state index in [0.717, 1.165) is 43.5 Å². The number of halogens is 1. The van der Waals surface area contributed by atoms with Crippen LogP contribution in [0.2, 0.25) is 0 Å². The zero-order valence-electron chi connectivity index (χ0n) is 18.0. The Morgan fingerprint density at radius 3 is 2.50 bits per heavy atom. The van der Waals surface area contributed by atoms with Gasteiger partial charge in [0.15, 0.2) is 5.76 Å². The molecular formula is C24H29FN2O3. The lowest BCUT2D eigenvalue weighted by atomic mass is 9.96. The Hall–Kier alpha value is -2.63. The van der Waals surface area contributed by atoms with E-state index in [4.69, 9.17) is 4.42 Å². The van der Waals surface area contributed by atoms with Gasteiger partial charge in [-0.25, -0.2) is 4.39 Å². The summed E-state index contributed by atoms with van der Waals surface area (Å²) in [4.78, 5) is 28.8. The number of carbonyl (C=O) groups excluding carboxylic acids is 2. The number of benzene rings is 1. The average Bonchev–Trinajstić information content (AvgIpc) is 3.22. The highest BCUT2D eigenvalue weighted by molar-refractivity contribution is 5.98. The molecule has 0 radical (unpaired) electrons. The van der Waals surface area contributed by atoms with Crippen LogP contribution in [-0.4, -0.2) is 47.8 Å². The molecule has 2 amide bonds. The molecule has 2 aliphatic heterocycles. The van der Waals surface area contributed by atoms with Crippen molar-refractivity contribution in [1.82, 2.24) is 9.80 Å². The van der Waals surface area contributed by atoms with Crippen LogP contribution >= 0.6 is 0 Å². The molecule has 0 aliphatic carbocycles. The first kappa shape index (κ1) is 20.6. The van der Waals surface area contributed by atoms with Crippen LogP contribution in [0.15, 0.2) is 22.6 Å². The largest absolute Gasteiger partial charge is 0.451 e. The summed E-state index contributed by atoms with van der Waals surface area (Å²) in [5, 5.41) is 0.332. The Kier molecular flexibility index (Phi) is 5.67. The number of hydrogen-bond acceptors (Lipinski definition) is 3. The summed E-state index contributed by atoms with van der Waals surface area (Å²) in [7, 11) is 0. The average molecular weight is 413 g/mol. The summed E-state index contributed by atoms with van der Waals surface area (Å²) in [5.41, 5.74) is 2.50. The van der Waals surface area contributed by atoms with Crippen molar-refractivity contribution in [1.29, 1.82) is 0 Å². The van der Waals surface area contributed by atoms with Gasteiger partial charge < -0.3 is 14.2 Å². The van der Waals surface area contributed by atoms with Crippen LogP contribution in [0, 0.1) is 18.7 Å². The highest BCUT2D eigenvalue weighted by Gasteiger charge is 2.26. The van der Waals surface area contributed by atoms with E-state index in [1.54, 1.807) is 21.9 Å². The predicted octanol–water partition coefficient (Wildman–Crippen LogP) is 4.78. The summed E-state index contributed by atoms with van der Waals surface area (Å²) < 4.78 is 21.3. The minimum atomic E-state index is -0.387. The molecule has 6 heteroatoms. The summed E-state index contributed by atoms with van der Waals surface area (Å²) in [6.07, 6.45) is 5.82. The van der Waals surface area contributed by atoms with Crippen molar-refractivity contribution in [2.24, 2.45) is 5.92 Å². The normalized spacial score (nSPS) is 17.6. The molecule has 0 saturated carbocycles. The van der Waals surface area contributed by atoms with Gasteiger partial charge in [-0.3, -0.25) is 9.59 Å². The van der Waals surface area contributed by atoms with Gasteiger partial charge >= 0.3 is 0 Å². The lowest BCUT2D eigenvalue weighted by molar-refractivity contribution is -0.133. The first-order valence-electron chi connectivity index (χ1n) is 10.9. The van der Waals surface area contributed by atoms with E-state index in [1.807, 2.05) is 26.8 Å². The molecule has 0 atom stereocenters. The molecule has 4 rings (SSSR count). The molecule has 30 heavy (non-hydrogen) atoms. The van der Waals surface area contributed by atoms with Gasteiger partial charge in [0.05, 0.1) is 5.39 Å². The first-order valence-corrected chi connectivity index (χ1v) is 10.9. The smallest absolute Gasteiger partial charge is 0.289 e. The van der Waals surface area contributed by atoms with Gasteiger partial charge in [-0.15, -0.1) is 0 Å². The maximum atomic E-state index is 15.5. The third-order valence-corrected chi connectivity index (χ3v) is 6.08. The van der Waals surface area contributed by atoms with Crippen molar-refractivity contribution >= 4 is 28.4 Å². The second-order valence-corrected chi connectivity index (χ2v) is 8.69. The van der Waals surface area contributed by atoms with E-state index < -0.39 is 0 Å². The number of furan rings is 1. The van der Waals surface area contributed by atoms with Crippen LogP contribution in [0.5, 0.6) is 0 Å². The van der Waals surface area contributed by atoms with Crippen LogP contribution in [0.25, 0.3) is 16.5 Å². The van der Waals surface area contributed by atoms with Crippen LogP contribution in [0.1, 0.15) is 61.2 Å².